The summed E-state index contributed by atoms with van der Waals surface area (Å²) in [6, 6.07) is 16.1. The molecular weight excluding hydrogens is 432 g/mol. The van der Waals surface area contributed by atoms with Crippen LogP contribution in [0, 0.1) is 0 Å². The minimum atomic E-state index is -3.92. The summed E-state index contributed by atoms with van der Waals surface area (Å²) in [5, 5.41) is 0.330. The fourth-order valence-corrected chi connectivity index (χ4v) is 5.18. The van der Waals surface area contributed by atoms with Gasteiger partial charge in [0.25, 0.3) is 10.0 Å². The Kier molecular flexibility index (Phi) is 5.23. The first-order valence-electron chi connectivity index (χ1n) is 8.35. The van der Waals surface area contributed by atoms with E-state index in [9.17, 15) is 13.2 Å². The molecule has 6 nitrogen and oxygen atoms in total. The average molecular weight is 445 g/mol. The maximum atomic E-state index is 12.9. The number of nitrogens with one attached hydrogen (secondary N) is 1. The molecule has 0 saturated carbocycles. The third kappa shape index (κ3) is 4.09. The van der Waals surface area contributed by atoms with Crippen molar-refractivity contribution in [1.82, 2.24) is 4.98 Å². The Morgan fingerprint density at radius 2 is 1.86 bits per heavy atom. The smallest absolute Gasteiger partial charge is 0.271 e. The number of carbonyl (C=O) groups excluding carboxylic acids is 1. The van der Waals surface area contributed by atoms with E-state index < -0.39 is 10.0 Å². The van der Waals surface area contributed by atoms with E-state index in [1.807, 2.05) is 0 Å². The lowest BCUT2D eigenvalue weighted by molar-refractivity contribution is 0.103. The molecule has 4 rings (SSSR count). The van der Waals surface area contributed by atoms with Crippen LogP contribution in [-0.2, 0) is 10.0 Å². The Hall–Kier alpha value is -2.94. The Balaban J connectivity index is 1.68. The number of anilines is 1. The van der Waals surface area contributed by atoms with Gasteiger partial charge in [-0.3, -0.25) is 9.52 Å². The first-order valence-corrected chi connectivity index (χ1v) is 11.0. The van der Waals surface area contributed by atoms with Crippen molar-refractivity contribution in [2.75, 3.05) is 4.72 Å². The highest BCUT2D eigenvalue weighted by atomic mass is 35.5. The standard InChI is InChI=1S/C20H13ClN2O4S2/c21-14-6-7-16(15(10-14)20(24)13-4-2-1-3-5-13)23-29(25,26)19-9-8-18(28-19)17-11-22-12-27-17/h1-12,23H. The Morgan fingerprint density at radius 1 is 1.07 bits per heavy atom. The number of ketones is 1. The van der Waals surface area contributed by atoms with E-state index >= 15 is 0 Å². The van der Waals surface area contributed by atoms with Crippen LogP contribution in [0.15, 0.2) is 81.9 Å². The third-order valence-corrected chi connectivity index (χ3v) is 7.22. The molecular formula is C20H13ClN2O4S2. The lowest BCUT2D eigenvalue weighted by atomic mass is 10.0. The molecule has 0 aliphatic carbocycles. The van der Waals surface area contributed by atoms with E-state index in [1.54, 1.807) is 36.4 Å². The van der Waals surface area contributed by atoms with Crippen molar-refractivity contribution in [3.63, 3.8) is 0 Å². The summed E-state index contributed by atoms with van der Waals surface area (Å²) in [5.74, 6) is 0.141. The minimum absolute atomic E-state index is 0.0805. The number of hydrogen-bond donors (Lipinski definition) is 1. The molecule has 0 unspecified atom stereocenters. The van der Waals surface area contributed by atoms with Crippen molar-refractivity contribution in [3.05, 3.63) is 89.4 Å². The first-order chi connectivity index (χ1) is 13.9. The van der Waals surface area contributed by atoms with Gasteiger partial charge in [0.05, 0.1) is 16.8 Å². The van der Waals surface area contributed by atoms with Crippen molar-refractivity contribution in [2.45, 2.75) is 4.21 Å². The van der Waals surface area contributed by atoms with E-state index in [2.05, 4.69) is 9.71 Å². The highest BCUT2D eigenvalue weighted by molar-refractivity contribution is 7.94. The van der Waals surface area contributed by atoms with Gasteiger partial charge in [-0.1, -0.05) is 41.9 Å². The summed E-state index contributed by atoms with van der Waals surface area (Å²) in [6.07, 6.45) is 2.78. The number of thiophene rings is 1. The van der Waals surface area contributed by atoms with Gasteiger partial charge in [0, 0.05) is 16.1 Å². The molecule has 4 aromatic rings. The number of carbonyl (C=O) groups is 1. The molecule has 0 saturated heterocycles. The van der Waals surface area contributed by atoms with Gasteiger partial charge in [-0.15, -0.1) is 11.3 Å². The summed E-state index contributed by atoms with van der Waals surface area (Å²) in [4.78, 5) is 17.3. The van der Waals surface area contributed by atoms with Crippen LogP contribution in [0.5, 0.6) is 0 Å². The van der Waals surface area contributed by atoms with E-state index in [0.29, 0.717) is 21.2 Å². The van der Waals surface area contributed by atoms with Crippen molar-refractivity contribution in [3.8, 4) is 10.6 Å². The summed E-state index contributed by atoms with van der Waals surface area (Å²) >= 11 is 7.09. The highest BCUT2D eigenvalue weighted by Gasteiger charge is 2.22. The Morgan fingerprint density at radius 3 is 2.59 bits per heavy atom. The van der Waals surface area contributed by atoms with Crippen LogP contribution in [0.2, 0.25) is 5.02 Å². The summed E-state index contributed by atoms with van der Waals surface area (Å²) < 4.78 is 33.6. The van der Waals surface area contributed by atoms with Crippen LogP contribution in [0.1, 0.15) is 15.9 Å². The molecule has 2 aromatic carbocycles. The Bertz CT molecular complexity index is 1270. The van der Waals surface area contributed by atoms with Crippen LogP contribution >= 0.6 is 22.9 Å². The predicted octanol–water partition coefficient (Wildman–Crippen LogP) is 5.09. The van der Waals surface area contributed by atoms with Crippen LogP contribution in [0.25, 0.3) is 10.6 Å². The molecule has 9 heteroatoms. The van der Waals surface area contributed by atoms with Crippen LogP contribution in [-0.4, -0.2) is 19.2 Å². The highest BCUT2D eigenvalue weighted by Crippen LogP contribution is 2.32. The normalized spacial score (nSPS) is 11.3. The number of aromatic nitrogens is 1. The largest absolute Gasteiger partial charge is 0.443 e. The SMILES string of the molecule is O=C(c1ccccc1)c1cc(Cl)ccc1NS(=O)(=O)c1ccc(-c2cnco2)s1. The molecule has 0 bridgehead atoms. The molecule has 0 aliphatic heterocycles. The molecule has 1 N–H and O–H groups in total. The number of sulfonamides is 1. The minimum Gasteiger partial charge on any atom is -0.443 e. The van der Waals surface area contributed by atoms with Gasteiger partial charge in [-0.25, -0.2) is 13.4 Å². The maximum Gasteiger partial charge on any atom is 0.271 e. The summed E-state index contributed by atoms with van der Waals surface area (Å²) in [5.41, 5.74) is 0.746. The number of benzene rings is 2. The molecule has 0 atom stereocenters. The second-order valence-corrected chi connectivity index (χ2v) is 9.40. The molecule has 0 amide bonds. The van der Waals surface area contributed by atoms with E-state index in [1.165, 1.54) is 36.9 Å². The van der Waals surface area contributed by atoms with Gasteiger partial charge < -0.3 is 4.42 Å². The topological polar surface area (TPSA) is 89.3 Å². The van der Waals surface area contributed by atoms with E-state index in [4.69, 9.17) is 16.0 Å². The molecule has 0 spiro atoms. The molecule has 29 heavy (non-hydrogen) atoms. The lowest BCUT2D eigenvalue weighted by Crippen LogP contribution is -2.15. The molecule has 0 aliphatic rings. The summed E-state index contributed by atoms with van der Waals surface area (Å²) in [6.45, 7) is 0. The fourth-order valence-electron chi connectivity index (χ4n) is 2.67. The van der Waals surface area contributed by atoms with Gasteiger partial charge in [0.1, 0.15) is 4.21 Å². The van der Waals surface area contributed by atoms with Crippen molar-refractivity contribution in [1.29, 1.82) is 0 Å². The maximum absolute atomic E-state index is 12.9. The predicted molar refractivity (Wildman–Crippen MR) is 112 cm³/mol. The fraction of sp³-hybridized carbons (Fsp3) is 0. The Labute approximate surface area is 175 Å². The molecule has 146 valence electrons. The number of rotatable bonds is 6. The number of hydrogen-bond acceptors (Lipinski definition) is 6. The molecule has 2 heterocycles. The van der Waals surface area contributed by atoms with Crippen molar-refractivity contribution in [2.24, 2.45) is 0 Å². The van der Waals surface area contributed by atoms with Gasteiger partial charge in [-0.05, 0) is 30.3 Å². The zero-order valence-electron chi connectivity index (χ0n) is 14.7. The lowest BCUT2D eigenvalue weighted by Gasteiger charge is -2.12. The third-order valence-electron chi connectivity index (χ3n) is 4.03. The number of halogens is 1. The van der Waals surface area contributed by atoms with Gasteiger partial charge >= 0.3 is 0 Å². The van der Waals surface area contributed by atoms with E-state index in [0.717, 1.165) is 11.3 Å². The first kappa shape index (κ1) is 19.4. The number of oxazole rings is 1. The van der Waals surface area contributed by atoms with Gasteiger partial charge in [0.2, 0.25) is 0 Å². The quantitative estimate of drug-likeness (QED) is 0.418. The van der Waals surface area contributed by atoms with Gasteiger partial charge in [0.15, 0.2) is 17.9 Å². The molecule has 0 radical (unpaired) electrons. The number of nitrogens with zero attached hydrogens (tertiary/aromatic N) is 1. The summed E-state index contributed by atoms with van der Waals surface area (Å²) in [7, 11) is -3.92. The zero-order chi connectivity index (χ0) is 20.4. The zero-order valence-corrected chi connectivity index (χ0v) is 17.1. The second kappa shape index (κ2) is 7.82. The van der Waals surface area contributed by atoms with E-state index in [-0.39, 0.29) is 21.2 Å². The van der Waals surface area contributed by atoms with Crippen molar-refractivity contribution >= 4 is 44.4 Å². The van der Waals surface area contributed by atoms with Gasteiger partial charge in [-0.2, -0.15) is 0 Å². The van der Waals surface area contributed by atoms with Crippen LogP contribution in [0.3, 0.4) is 0 Å². The van der Waals surface area contributed by atoms with Crippen molar-refractivity contribution < 1.29 is 17.6 Å². The average Bonchev–Trinajstić information content (AvgIpc) is 3.41. The molecule has 2 aromatic heterocycles. The van der Waals surface area contributed by atoms with Crippen LogP contribution in [0.4, 0.5) is 5.69 Å². The monoisotopic (exact) mass is 444 g/mol. The van der Waals surface area contributed by atoms with Crippen LogP contribution < -0.4 is 4.72 Å². The molecule has 0 fully saturated rings. The second-order valence-electron chi connectivity index (χ2n) is 5.97.